The number of benzene rings is 6. The van der Waals surface area contributed by atoms with E-state index in [4.69, 9.17) is 17.2 Å². The molecule has 0 saturated heterocycles. The molecule has 0 radical (unpaired) electrons. The van der Waals surface area contributed by atoms with Crippen LogP contribution in [0.2, 0.25) is 0 Å². The summed E-state index contributed by atoms with van der Waals surface area (Å²) in [6.45, 7) is 5.49. The number of aromatic nitrogens is 4. The molecule has 17 heteroatoms. The highest BCUT2D eigenvalue weighted by Crippen LogP contribution is 2.33. The second-order valence-corrected chi connectivity index (χ2v) is 18.4. The average molecular weight is 1010 g/mol. The number of nitrogens with two attached hydrogens (primary N) is 3. The maximum atomic E-state index is 14.6. The van der Waals surface area contributed by atoms with E-state index in [0.29, 0.717) is 46.5 Å². The molecule has 2 unspecified atom stereocenters. The SMILES string of the molecule is C[C@H](N)C1Cc2cccc(F)c2C(=O)N1c1ccccc1.C[C@H](N)c1cc2cccc(F)c2c(=O)n1-c1ccccc1.C[C@H](NC(=O)c1c(N)nn2cccnc12)C1Cc2cccc(F)c2C(=O)N1c1ccccc1. The summed E-state index contributed by atoms with van der Waals surface area (Å²) < 4.78 is 45.6. The Hall–Kier alpha value is -8.93. The fourth-order valence-corrected chi connectivity index (χ4v) is 9.76. The van der Waals surface area contributed by atoms with Gasteiger partial charge in [-0.25, -0.2) is 22.7 Å². The smallest absolute Gasteiger partial charge is 0.266 e. The third-order valence-electron chi connectivity index (χ3n) is 13.4. The second-order valence-electron chi connectivity index (χ2n) is 18.4. The van der Waals surface area contributed by atoms with Gasteiger partial charge in [0.25, 0.3) is 23.3 Å². The highest BCUT2D eigenvalue weighted by molar-refractivity contribution is 6.10. The van der Waals surface area contributed by atoms with Crippen molar-refractivity contribution >= 4 is 51.3 Å². The van der Waals surface area contributed by atoms with Crippen molar-refractivity contribution in [3.05, 3.63) is 231 Å². The van der Waals surface area contributed by atoms with Crippen molar-refractivity contribution < 1.29 is 27.6 Å². The predicted octanol–water partition coefficient (Wildman–Crippen LogP) is 8.73. The molecule has 11 rings (SSSR count). The van der Waals surface area contributed by atoms with Crippen LogP contribution in [0, 0.1) is 17.5 Å². The molecule has 0 spiro atoms. The summed E-state index contributed by atoms with van der Waals surface area (Å²) >= 11 is 0. The first kappa shape index (κ1) is 51.0. The molecule has 3 amide bonds. The first-order valence-corrected chi connectivity index (χ1v) is 24.3. The standard InChI is InChI=1S/C24H21FN6O2.C17H17FN2O.C17H15FN2O/c1-14(28-23(32)20-21(26)29-30-12-6-11-27-22(20)30)18-13-15-7-5-10-17(25)19(15)24(33)31(18)16-8-3-2-4-9-16;2*1-11(19)15-10-12-6-5-9-14(18)16(12)17(21)20(15)13-7-3-2-4-8-13/h2-12,14,18H,13H2,1H3,(H2,26,29)(H,28,32);2-9,11,15H,10,19H2,1H3;2-11H,19H2,1H3/t14-,18?;11-,15?;11-/m000/s1. The van der Waals surface area contributed by atoms with Crippen LogP contribution in [0.3, 0.4) is 0 Å². The van der Waals surface area contributed by atoms with Crippen molar-refractivity contribution in [1.82, 2.24) is 24.5 Å². The van der Waals surface area contributed by atoms with Gasteiger partial charge in [0.15, 0.2) is 11.5 Å². The highest BCUT2D eigenvalue weighted by atomic mass is 19.1. The Morgan fingerprint density at radius 2 is 1.15 bits per heavy atom. The maximum Gasteiger partial charge on any atom is 0.266 e. The Bertz CT molecular complexity index is 3630. The number of pyridine rings is 1. The molecule has 7 N–H and O–H groups in total. The molecule has 6 aromatic carbocycles. The number of nitrogens with zero attached hydrogens (tertiary/aromatic N) is 6. The summed E-state index contributed by atoms with van der Waals surface area (Å²) in [7, 11) is 0. The van der Waals surface area contributed by atoms with E-state index >= 15 is 0 Å². The van der Waals surface area contributed by atoms with Crippen LogP contribution in [0.25, 0.3) is 22.1 Å². The minimum Gasteiger partial charge on any atom is -0.381 e. The first-order chi connectivity index (χ1) is 36.1. The molecule has 2 aliphatic rings. The van der Waals surface area contributed by atoms with Crippen LogP contribution in [0.5, 0.6) is 0 Å². The zero-order valence-electron chi connectivity index (χ0n) is 41.1. The number of nitrogens with one attached hydrogen (secondary N) is 1. The zero-order chi connectivity index (χ0) is 53.1. The van der Waals surface area contributed by atoms with Crippen LogP contribution >= 0.6 is 0 Å². The van der Waals surface area contributed by atoms with Crippen LogP contribution < -0.4 is 37.9 Å². The molecule has 380 valence electrons. The second kappa shape index (κ2) is 21.7. The number of para-hydroxylation sites is 3. The molecule has 9 aromatic rings. The van der Waals surface area contributed by atoms with E-state index < -0.39 is 41.3 Å². The lowest BCUT2D eigenvalue weighted by Gasteiger charge is -2.40. The third kappa shape index (κ3) is 10.1. The molecule has 0 fully saturated rings. The van der Waals surface area contributed by atoms with Crippen LogP contribution in [0.1, 0.15) is 74.7 Å². The van der Waals surface area contributed by atoms with Crippen LogP contribution in [-0.2, 0) is 12.8 Å². The van der Waals surface area contributed by atoms with Gasteiger partial charge in [-0.05, 0) is 117 Å². The lowest BCUT2D eigenvalue weighted by Crippen LogP contribution is -2.56. The molecule has 0 bridgehead atoms. The Labute approximate surface area is 429 Å². The Kier molecular flexibility index (Phi) is 14.7. The summed E-state index contributed by atoms with van der Waals surface area (Å²) in [6.07, 6.45) is 4.14. The van der Waals surface area contributed by atoms with Gasteiger partial charge in [-0.1, -0.05) is 91.0 Å². The topological polar surface area (TPSA) is 200 Å². The molecule has 0 saturated carbocycles. The van der Waals surface area contributed by atoms with E-state index in [9.17, 15) is 32.3 Å². The Morgan fingerprint density at radius 3 is 1.69 bits per heavy atom. The van der Waals surface area contributed by atoms with E-state index in [0.717, 1.165) is 11.3 Å². The summed E-state index contributed by atoms with van der Waals surface area (Å²) in [6, 6.07) is 43.3. The number of hydrogen-bond acceptors (Lipinski definition) is 9. The molecular weight excluding hydrogens is 958 g/mol. The van der Waals surface area contributed by atoms with Crippen LogP contribution in [0.15, 0.2) is 175 Å². The summed E-state index contributed by atoms with van der Waals surface area (Å²) in [5.41, 5.74) is 22.4. The summed E-state index contributed by atoms with van der Waals surface area (Å²) in [4.78, 5) is 59.5. The normalized spacial score (nSPS) is 16.2. The maximum absolute atomic E-state index is 14.6. The van der Waals surface area contributed by atoms with E-state index in [2.05, 4.69) is 15.4 Å². The predicted molar refractivity (Wildman–Crippen MR) is 284 cm³/mol. The third-order valence-corrected chi connectivity index (χ3v) is 13.4. The number of carbonyl (C=O) groups is 3. The largest absolute Gasteiger partial charge is 0.381 e. The number of rotatable bonds is 8. The van der Waals surface area contributed by atoms with Crippen molar-refractivity contribution in [1.29, 1.82) is 0 Å². The average Bonchev–Trinajstić information content (AvgIpc) is 3.75. The van der Waals surface area contributed by atoms with Gasteiger partial charge >= 0.3 is 0 Å². The number of nitrogen functional groups attached to an aromatic ring is 1. The Balaban J connectivity index is 0.000000144. The van der Waals surface area contributed by atoms with Gasteiger partial charge in [0.1, 0.15) is 23.0 Å². The van der Waals surface area contributed by atoms with Crippen LogP contribution in [-0.4, -0.2) is 61.1 Å². The van der Waals surface area contributed by atoms with Gasteiger partial charge in [-0.3, -0.25) is 23.7 Å². The number of anilines is 3. The molecular formula is C58H53F3N10O4. The van der Waals surface area contributed by atoms with E-state index in [1.54, 1.807) is 102 Å². The number of hydrogen-bond donors (Lipinski definition) is 4. The van der Waals surface area contributed by atoms with Crippen molar-refractivity contribution in [3.8, 4) is 5.69 Å². The van der Waals surface area contributed by atoms with Gasteiger partial charge in [-0.15, -0.1) is 5.10 Å². The van der Waals surface area contributed by atoms with Crippen molar-refractivity contribution in [2.24, 2.45) is 11.5 Å². The zero-order valence-corrected chi connectivity index (χ0v) is 41.1. The Morgan fingerprint density at radius 1 is 0.640 bits per heavy atom. The van der Waals surface area contributed by atoms with Crippen molar-refractivity contribution in [3.63, 3.8) is 0 Å². The number of halogens is 3. The molecule has 0 aliphatic carbocycles. The molecule has 5 heterocycles. The van der Waals surface area contributed by atoms with Crippen molar-refractivity contribution in [2.45, 2.75) is 63.8 Å². The monoisotopic (exact) mass is 1010 g/mol. The highest BCUT2D eigenvalue weighted by Gasteiger charge is 2.40. The lowest BCUT2D eigenvalue weighted by molar-refractivity contribution is 0.0906. The number of carbonyl (C=O) groups excluding carboxylic acids is 3. The van der Waals surface area contributed by atoms with Gasteiger partial charge in [0, 0.05) is 53.3 Å². The quantitative estimate of drug-likeness (QED) is 0.115. The first-order valence-electron chi connectivity index (χ1n) is 24.3. The molecule has 3 aromatic heterocycles. The van der Waals surface area contributed by atoms with Gasteiger partial charge in [-0.2, -0.15) is 0 Å². The molecule has 75 heavy (non-hydrogen) atoms. The number of amides is 3. The van der Waals surface area contributed by atoms with Gasteiger partial charge < -0.3 is 32.3 Å². The van der Waals surface area contributed by atoms with E-state index in [1.165, 1.54) is 27.3 Å². The summed E-state index contributed by atoms with van der Waals surface area (Å²) in [5.74, 6) is -2.69. The summed E-state index contributed by atoms with van der Waals surface area (Å²) in [5, 5.41) is 7.74. The molecule has 2 aliphatic heterocycles. The minimum atomic E-state index is -0.557. The van der Waals surface area contributed by atoms with E-state index in [-0.39, 0.29) is 57.5 Å². The molecule has 14 nitrogen and oxygen atoms in total. The number of fused-ring (bicyclic) bond motifs is 4. The fraction of sp³-hybridized carbons (Fsp3) is 0.172. The fourth-order valence-electron chi connectivity index (χ4n) is 9.76. The van der Waals surface area contributed by atoms with Gasteiger partial charge in [0.2, 0.25) is 0 Å². The minimum absolute atomic E-state index is 0.0606. The van der Waals surface area contributed by atoms with Crippen LogP contribution in [0.4, 0.5) is 30.4 Å². The molecule has 5 atom stereocenters. The van der Waals surface area contributed by atoms with E-state index in [1.807, 2.05) is 80.6 Å². The van der Waals surface area contributed by atoms with Gasteiger partial charge in [0.05, 0.1) is 28.6 Å². The van der Waals surface area contributed by atoms with Crippen molar-refractivity contribution in [2.75, 3.05) is 15.5 Å². The lowest BCUT2D eigenvalue weighted by atomic mass is 9.89.